The molecular formula is C11H12Br2N4O2S. The van der Waals surface area contributed by atoms with Crippen LogP contribution in [0.2, 0.25) is 0 Å². The Bertz CT molecular complexity index is 728. The number of nitrogens with two attached hydrogens (primary N) is 1. The molecular weight excluding hydrogens is 412 g/mol. The molecule has 0 amide bonds. The Balaban J connectivity index is 2.43. The van der Waals surface area contributed by atoms with Crippen molar-refractivity contribution < 1.29 is 8.42 Å². The van der Waals surface area contributed by atoms with E-state index in [0.717, 1.165) is 4.47 Å². The highest BCUT2D eigenvalue weighted by molar-refractivity contribution is 9.11. The fourth-order valence-electron chi connectivity index (χ4n) is 1.54. The highest BCUT2D eigenvalue weighted by atomic mass is 79.9. The maximum absolute atomic E-state index is 12.3. The topological polar surface area (TPSA) is 90.0 Å². The molecule has 0 radical (unpaired) electrons. The smallest absolute Gasteiger partial charge is 0.281 e. The lowest BCUT2D eigenvalue weighted by molar-refractivity contribution is 0.598. The molecule has 2 rings (SSSR count). The van der Waals surface area contributed by atoms with Gasteiger partial charge in [0, 0.05) is 22.2 Å². The van der Waals surface area contributed by atoms with E-state index in [4.69, 9.17) is 5.73 Å². The first kappa shape index (κ1) is 15.3. The normalized spacial score (nSPS) is 11.6. The molecule has 1 heterocycles. The average molecular weight is 424 g/mol. The molecule has 20 heavy (non-hydrogen) atoms. The molecule has 0 saturated carbocycles. The van der Waals surface area contributed by atoms with Crippen LogP contribution in [0.5, 0.6) is 0 Å². The number of imidazole rings is 1. The molecule has 0 aliphatic heterocycles. The highest BCUT2D eigenvalue weighted by Gasteiger charge is 2.21. The molecule has 0 spiro atoms. The van der Waals surface area contributed by atoms with Gasteiger partial charge in [0.15, 0.2) is 5.03 Å². The monoisotopic (exact) mass is 422 g/mol. The molecule has 108 valence electrons. The number of sulfonamides is 1. The summed E-state index contributed by atoms with van der Waals surface area (Å²) in [6, 6.07) is 3.32. The van der Waals surface area contributed by atoms with Gasteiger partial charge in [0.05, 0.1) is 11.4 Å². The first-order valence-corrected chi connectivity index (χ1v) is 8.55. The van der Waals surface area contributed by atoms with Crippen LogP contribution in [0.1, 0.15) is 5.82 Å². The van der Waals surface area contributed by atoms with Crippen molar-refractivity contribution in [2.75, 3.05) is 10.5 Å². The quantitative estimate of drug-likeness (QED) is 0.742. The lowest BCUT2D eigenvalue weighted by Crippen LogP contribution is -2.15. The first-order chi connectivity index (χ1) is 9.20. The fourth-order valence-corrected chi connectivity index (χ4v) is 4.18. The standard InChI is InChI=1S/C11H12Br2N4O2S/c1-6-15-10(5-17(6)2)20(18,19)16-11-8(13)3-7(12)4-9(11)14/h3-5,16H,14H2,1-2H3. The minimum Gasteiger partial charge on any atom is -0.397 e. The highest BCUT2D eigenvalue weighted by Crippen LogP contribution is 2.33. The zero-order chi connectivity index (χ0) is 15.1. The zero-order valence-electron chi connectivity index (χ0n) is 10.7. The Labute approximate surface area is 133 Å². The minimum atomic E-state index is -3.78. The molecule has 0 unspecified atom stereocenters. The van der Waals surface area contributed by atoms with Gasteiger partial charge in [0.1, 0.15) is 5.82 Å². The molecule has 1 aromatic heterocycles. The van der Waals surface area contributed by atoms with E-state index in [9.17, 15) is 8.42 Å². The van der Waals surface area contributed by atoms with E-state index in [1.165, 1.54) is 6.20 Å². The molecule has 0 bridgehead atoms. The number of hydrogen-bond acceptors (Lipinski definition) is 4. The third kappa shape index (κ3) is 2.99. The molecule has 0 saturated heterocycles. The summed E-state index contributed by atoms with van der Waals surface area (Å²) < 4.78 is 29.9. The van der Waals surface area contributed by atoms with Crippen molar-refractivity contribution in [1.82, 2.24) is 9.55 Å². The summed E-state index contributed by atoms with van der Waals surface area (Å²) in [5.74, 6) is 0.605. The Kier molecular flexibility index (Phi) is 4.12. The van der Waals surface area contributed by atoms with Crippen molar-refractivity contribution >= 4 is 53.3 Å². The number of benzene rings is 1. The van der Waals surface area contributed by atoms with Crippen LogP contribution in [0.25, 0.3) is 0 Å². The van der Waals surface area contributed by atoms with E-state index < -0.39 is 10.0 Å². The van der Waals surface area contributed by atoms with Gasteiger partial charge >= 0.3 is 0 Å². The predicted octanol–water partition coefficient (Wildman–Crippen LogP) is 2.64. The van der Waals surface area contributed by atoms with Crippen LogP contribution in [0.4, 0.5) is 11.4 Å². The second-order valence-corrected chi connectivity index (χ2v) is 7.59. The predicted molar refractivity (Wildman–Crippen MR) is 85.0 cm³/mol. The molecule has 0 atom stereocenters. The third-order valence-corrected chi connectivity index (χ3v) is 4.99. The number of nitrogens with one attached hydrogen (secondary N) is 1. The molecule has 6 nitrogen and oxygen atoms in total. The van der Waals surface area contributed by atoms with Crippen LogP contribution in [0.15, 0.2) is 32.3 Å². The van der Waals surface area contributed by atoms with Crippen molar-refractivity contribution in [3.63, 3.8) is 0 Å². The Hall–Kier alpha value is -1.06. The van der Waals surface area contributed by atoms with Crippen molar-refractivity contribution in [2.45, 2.75) is 11.9 Å². The van der Waals surface area contributed by atoms with E-state index >= 15 is 0 Å². The fraction of sp³-hybridized carbons (Fsp3) is 0.182. The van der Waals surface area contributed by atoms with Crippen LogP contribution >= 0.6 is 31.9 Å². The second kappa shape index (κ2) is 5.38. The Morgan fingerprint density at radius 2 is 2.00 bits per heavy atom. The van der Waals surface area contributed by atoms with Gasteiger partial charge in [-0.2, -0.15) is 8.42 Å². The van der Waals surface area contributed by atoms with Crippen molar-refractivity contribution in [2.24, 2.45) is 7.05 Å². The van der Waals surface area contributed by atoms with E-state index in [1.54, 1.807) is 30.7 Å². The maximum atomic E-state index is 12.3. The van der Waals surface area contributed by atoms with Gasteiger partial charge < -0.3 is 10.3 Å². The summed E-state index contributed by atoms with van der Waals surface area (Å²) in [6.07, 6.45) is 1.45. The van der Waals surface area contributed by atoms with Crippen LogP contribution in [-0.2, 0) is 17.1 Å². The van der Waals surface area contributed by atoms with Crippen LogP contribution in [0.3, 0.4) is 0 Å². The third-order valence-electron chi connectivity index (χ3n) is 2.68. The molecule has 3 N–H and O–H groups in total. The summed E-state index contributed by atoms with van der Waals surface area (Å²) in [7, 11) is -2.05. The van der Waals surface area contributed by atoms with Gasteiger partial charge in [-0.1, -0.05) is 15.9 Å². The Morgan fingerprint density at radius 1 is 1.35 bits per heavy atom. The van der Waals surface area contributed by atoms with E-state index in [1.807, 2.05) is 0 Å². The molecule has 0 aliphatic rings. The molecule has 0 fully saturated rings. The summed E-state index contributed by atoms with van der Waals surface area (Å²) in [5.41, 5.74) is 6.43. The molecule has 9 heteroatoms. The van der Waals surface area contributed by atoms with E-state index in [-0.39, 0.29) is 10.7 Å². The lowest BCUT2D eigenvalue weighted by Gasteiger charge is -2.11. The Morgan fingerprint density at radius 3 is 2.50 bits per heavy atom. The minimum absolute atomic E-state index is 0.0493. The number of nitrogens with zero attached hydrogens (tertiary/aromatic N) is 2. The number of rotatable bonds is 3. The van der Waals surface area contributed by atoms with Crippen molar-refractivity contribution in [3.05, 3.63) is 33.1 Å². The summed E-state index contributed by atoms with van der Waals surface area (Å²) in [5, 5.41) is -0.0493. The average Bonchev–Trinajstić information content (AvgIpc) is 2.65. The lowest BCUT2D eigenvalue weighted by atomic mass is 10.3. The van der Waals surface area contributed by atoms with Gasteiger partial charge in [0.2, 0.25) is 0 Å². The van der Waals surface area contributed by atoms with Crippen LogP contribution in [-0.4, -0.2) is 18.0 Å². The SMILES string of the molecule is Cc1nc(S(=O)(=O)Nc2c(N)cc(Br)cc2Br)cn1C. The molecule has 0 aliphatic carbocycles. The molecule has 1 aromatic carbocycles. The summed E-state index contributed by atoms with van der Waals surface area (Å²) in [6.45, 7) is 1.73. The number of halogens is 2. The molecule has 2 aromatic rings. The number of aromatic nitrogens is 2. The first-order valence-electron chi connectivity index (χ1n) is 5.48. The van der Waals surface area contributed by atoms with Crippen molar-refractivity contribution in [3.8, 4) is 0 Å². The summed E-state index contributed by atoms with van der Waals surface area (Å²) in [4.78, 5) is 4.00. The van der Waals surface area contributed by atoms with E-state index in [2.05, 4.69) is 41.6 Å². The van der Waals surface area contributed by atoms with E-state index in [0.29, 0.717) is 16.0 Å². The van der Waals surface area contributed by atoms with Crippen LogP contribution in [0, 0.1) is 6.92 Å². The number of anilines is 2. The van der Waals surface area contributed by atoms with Crippen molar-refractivity contribution in [1.29, 1.82) is 0 Å². The van der Waals surface area contributed by atoms with Gasteiger partial charge in [0.25, 0.3) is 10.0 Å². The van der Waals surface area contributed by atoms with Gasteiger partial charge in [-0.05, 0) is 35.0 Å². The van der Waals surface area contributed by atoms with Crippen LogP contribution < -0.4 is 10.5 Å². The van der Waals surface area contributed by atoms with Gasteiger partial charge in [-0.3, -0.25) is 4.72 Å². The number of nitrogen functional groups attached to an aromatic ring is 1. The summed E-state index contributed by atoms with van der Waals surface area (Å²) >= 11 is 6.56. The zero-order valence-corrected chi connectivity index (χ0v) is 14.7. The second-order valence-electron chi connectivity index (χ2n) is 4.19. The largest absolute Gasteiger partial charge is 0.397 e. The number of hydrogen-bond donors (Lipinski definition) is 2. The number of aryl methyl sites for hydroxylation is 2. The van der Waals surface area contributed by atoms with Gasteiger partial charge in [-0.25, -0.2) is 4.98 Å². The maximum Gasteiger partial charge on any atom is 0.281 e. The van der Waals surface area contributed by atoms with Gasteiger partial charge in [-0.15, -0.1) is 0 Å².